The summed E-state index contributed by atoms with van der Waals surface area (Å²) in [5.74, 6) is 0.729. The zero-order chi connectivity index (χ0) is 23.5. The molecule has 1 aliphatic carbocycles. The molecule has 1 saturated heterocycles. The van der Waals surface area contributed by atoms with Gasteiger partial charge < -0.3 is 15.4 Å². The van der Waals surface area contributed by atoms with E-state index in [-0.39, 0.29) is 24.0 Å². The van der Waals surface area contributed by atoms with E-state index in [1.807, 2.05) is 44.2 Å². The lowest BCUT2D eigenvalue weighted by atomic mass is 9.85. The quantitative estimate of drug-likeness (QED) is 0.525. The Kier molecular flexibility index (Phi) is 6.45. The van der Waals surface area contributed by atoms with Gasteiger partial charge in [-0.25, -0.2) is 4.98 Å². The monoisotopic (exact) mass is 457 g/mol. The minimum atomic E-state index is -0.237. The highest BCUT2D eigenvalue weighted by atomic mass is 16.5. The Hall–Kier alpha value is -3.45. The van der Waals surface area contributed by atoms with Crippen LogP contribution in [-0.4, -0.2) is 46.3 Å². The van der Waals surface area contributed by atoms with E-state index < -0.39 is 0 Å². The Morgan fingerprint density at radius 1 is 1.18 bits per heavy atom. The zero-order valence-corrected chi connectivity index (χ0v) is 19.6. The molecule has 0 spiro atoms. The number of pyridine rings is 1. The van der Waals surface area contributed by atoms with Crippen LogP contribution in [0.2, 0.25) is 0 Å². The van der Waals surface area contributed by atoms with Gasteiger partial charge in [-0.3, -0.25) is 9.89 Å². The van der Waals surface area contributed by atoms with Crippen LogP contribution in [-0.2, 0) is 11.2 Å². The second kappa shape index (κ2) is 9.81. The minimum absolute atomic E-state index is 0.0579. The van der Waals surface area contributed by atoms with E-state index in [2.05, 4.69) is 50.1 Å². The van der Waals surface area contributed by atoms with Crippen molar-refractivity contribution in [2.45, 2.75) is 44.8 Å². The van der Waals surface area contributed by atoms with Crippen LogP contribution in [0.15, 0.2) is 54.7 Å². The van der Waals surface area contributed by atoms with Crippen molar-refractivity contribution < 1.29 is 9.53 Å². The van der Waals surface area contributed by atoms with Crippen LogP contribution in [0.25, 0.3) is 17.3 Å². The van der Waals surface area contributed by atoms with Crippen molar-refractivity contribution in [1.82, 2.24) is 25.8 Å². The molecule has 3 N–H and O–H groups in total. The standard InChI is InChI=1S/C27H31N5O2/c1-17(2)34-25-11-9-20(15-29-25)26-22-14-19(8-10-23(22)31-32-26)27(33)30-24-16-28-13-12-21(24)18-6-4-3-5-7-18/h3-11,15,17,19,21,24,28H,12-14,16H2,1-2H3,(H,30,33)(H,31,32)/t19?,21-,24+/m0/s1. The van der Waals surface area contributed by atoms with Crippen LogP contribution in [0, 0.1) is 5.92 Å². The average molecular weight is 458 g/mol. The molecule has 7 nitrogen and oxygen atoms in total. The fourth-order valence-electron chi connectivity index (χ4n) is 4.87. The van der Waals surface area contributed by atoms with Gasteiger partial charge in [-0.1, -0.05) is 36.4 Å². The summed E-state index contributed by atoms with van der Waals surface area (Å²) in [6, 6.07) is 14.4. The molecule has 1 unspecified atom stereocenters. The molecule has 1 amide bonds. The van der Waals surface area contributed by atoms with Gasteiger partial charge in [0.1, 0.15) is 0 Å². The molecule has 1 aliphatic heterocycles. The maximum absolute atomic E-state index is 13.3. The lowest BCUT2D eigenvalue weighted by Crippen LogP contribution is -2.51. The van der Waals surface area contributed by atoms with Crippen LogP contribution in [0.5, 0.6) is 5.88 Å². The van der Waals surface area contributed by atoms with Crippen molar-refractivity contribution >= 4 is 12.0 Å². The van der Waals surface area contributed by atoms with Gasteiger partial charge in [0.15, 0.2) is 0 Å². The maximum atomic E-state index is 13.3. The van der Waals surface area contributed by atoms with Crippen LogP contribution < -0.4 is 15.4 Å². The summed E-state index contributed by atoms with van der Waals surface area (Å²) in [6.07, 6.45) is 7.41. The normalized spacial score (nSPS) is 21.8. The molecular formula is C27H31N5O2. The van der Waals surface area contributed by atoms with E-state index in [1.54, 1.807) is 6.20 Å². The number of carbonyl (C=O) groups is 1. The van der Waals surface area contributed by atoms with Crippen molar-refractivity contribution in [3.63, 3.8) is 0 Å². The van der Waals surface area contributed by atoms with Crippen molar-refractivity contribution in [3.8, 4) is 17.1 Å². The van der Waals surface area contributed by atoms with Gasteiger partial charge in [0.25, 0.3) is 0 Å². The fraction of sp³-hybridized carbons (Fsp3) is 0.370. The zero-order valence-electron chi connectivity index (χ0n) is 19.6. The Balaban J connectivity index is 1.30. The predicted octanol–water partition coefficient (Wildman–Crippen LogP) is 3.71. The molecule has 3 heterocycles. The van der Waals surface area contributed by atoms with Gasteiger partial charge in [0.2, 0.25) is 11.8 Å². The number of aromatic nitrogens is 3. The van der Waals surface area contributed by atoms with Crippen LogP contribution in [0.1, 0.15) is 43.0 Å². The molecule has 0 bridgehead atoms. The number of H-pyrrole nitrogens is 1. The Morgan fingerprint density at radius 3 is 2.79 bits per heavy atom. The third-order valence-electron chi connectivity index (χ3n) is 6.56. The minimum Gasteiger partial charge on any atom is -0.475 e. The lowest BCUT2D eigenvalue weighted by Gasteiger charge is -2.34. The topological polar surface area (TPSA) is 91.9 Å². The average Bonchev–Trinajstić information content (AvgIpc) is 3.28. The number of ether oxygens (including phenoxy) is 1. The summed E-state index contributed by atoms with van der Waals surface area (Å²) in [6.45, 7) is 5.69. The highest BCUT2D eigenvalue weighted by Crippen LogP contribution is 2.32. The molecule has 2 aliphatic rings. The number of nitrogens with one attached hydrogen (secondary N) is 3. The fourth-order valence-corrected chi connectivity index (χ4v) is 4.87. The van der Waals surface area contributed by atoms with Crippen molar-refractivity contribution in [1.29, 1.82) is 0 Å². The second-order valence-corrected chi connectivity index (χ2v) is 9.31. The molecule has 2 aromatic heterocycles. The number of carbonyl (C=O) groups excluding carboxylic acids is 1. The van der Waals surface area contributed by atoms with Crippen molar-refractivity contribution in [3.05, 3.63) is 71.6 Å². The molecule has 0 radical (unpaired) electrons. The smallest absolute Gasteiger partial charge is 0.227 e. The summed E-state index contributed by atoms with van der Waals surface area (Å²) < 4.78 is 5.65. The molecule has 3 aromatic rings. The molecular weight excluding hydrogens is 426 g/mol. The maximum Gasteiger partial charge on any atom is 0.227 e. The molecule has 176 valence electrons. The summed E-state index contributed by atoms with van der Waals surface area (Å²) in [5.41, 5.74) is 5.02. The first-order chi connectivity index (χ1) is 16.6. The molecule has 7 heteroatoms. The van der Waals surface area contributed by atoms with Gasteiger partial charge in [0, 0.05) is 41.9 Å². The number of benzene rings is 1. The number of amides is 1. The number of fused-ring (bicyclic) bond motifs is 1. The molecule has 3 atom stereocenters. The third kappa shape index (κ3) is 4.75. The lowest BCUT2D eigenvalue weighted by molar-refractivity contribution is -0.124. The summed E-state index contributed by atoms with van der Waals surface area (Å²) >= 11 is 0. The summed E-state index contributed by atoms with van der Waals surface area (Å²) in [4.78, 5) is 17.7. The second-order valence-electron chi connectivity index (χ2n) is 9.31. The number of rotatable bonds is 6. The number of piperidine rings is 1. The van der Waals surface area contributed by atoms with Crippen LogP contribution in [0.4, 0.5) is 0 Å². The van der Waals surface area contributed by atoms with Crippen molar-refractivity contribution in [2.24, 2.45) is 5.92 Å². The van der Waals surface area contributed by atoms with Gasteiger partial charge in [-0.05, 0) is 50.9 Å². The van der Waals surface area contributed by atoms with E-state index in [9.17, 15) is 4.79 Å². The molecule has 1 fully saturated rings. The molecule has 1 aromatic carbocycles. The van der Waals surface area contributed by atoms with Gasteiger partial charge >= 0.3 is 0 Å². The van der Waals surface area contributed by atoms with E-state index in [0.29, 0.717) is 18.2 Å². The Bertz CT molecular complexity index is 1150. The highest BCUT2D eigenvalue weighted by molar-refractivity contribution is 5.84. The molecule has 34 heavy (non-hydrogen) atoms. The summed E-state index contributed by atoms with van der Waals surface area (Å²) in [7, 11) is 0. The molecule has 5 rings (SSSR count). The SMILES string of the molecule is CC(C)Oc1ccc(-c2n[nH]c3c2CC(C(=O)N[C@@H]2CNCC[C@H]2c2ccccc2)C=C3)cn1. The van der Waals surface area contributed by atoms with Gasteiger partial charge in [-0.15, -0.1) is 0 Å². The predicted molar refractivity (Wildman–Crippen MR) is 132 cm³/mol. The Labute approximate surface area is 200 Å². The number of nitrogens with zero attached hydrogens (tertiary/aromatic N) is 2. The number of hydrogen-bond donors (Lipinski definition) is 3. The van der Waals surface area contributed by atoms with E-state index in [0.717, 1.165) is 42.0 Å². The highest BCUT2D eigenvalue weighted by Gasteiger charge is 2.31. The largest absolute Gasteiger partial charge is 0.475 e. The van der Waals surface area contributed by atoms with Crippen molar-refractivity contribution in [2.75, 3.05) is 13.1 Å². The van der Waals surface area contributed by atoms with Crippen LogP contribution >= 0.6 is 0 Å². The first kappa shape index (κ1) is 22.3. The van der Waals surface area contributed by atoms with E-state index in [4.69, 9.17) is 4.74 Å². The van der Waals surface area contributed by atoms with E-state index >= 15 is 0 Å². The van der Waals surface area contributed by atoms with Crippen LogP contribution in [0.3, 0.4) is 0 Å². The van der Waals surface area contributed by atoms with Gasteiger partial charge in [0.05, 0.1) is 23.4 Å². The Morgan fingerprint density at radius 2 is 2.03 bits per heavy atom. The summed E-state index contributed by atoms with van der Waals surface area (Å²) in [5, 5.41) is 14.4. The first-order valence-electron chi connectivity index (χ1n) is 12.0. The first-order valence-corrected chi connectivity index (χ1v) is 12.0. The molecule has 0 saturated carbocycles. The van der Waals surface area contributed by atoms with E-state index in [1.165, 1.54) is 5.56 Å². The third-order valence-corrected chi connectivity index (χ3v) is 6.56. The number of hydrogen-bond acceptors (Lipinski definition) is 5. The van der Waals surface area contributed by atoms with Gasteiger partial charge in [-0.2, -0.15) is 5.10 Å². The number of aromatic amines is 1.